The topological polar surface area (TPSA) is 32.7 Å². The third kappa shape index (κ3) is 9.96. The molecule has 6 heteroatoms. The molecule has 0 aliphatic rings. The normalized spacial score (nSPS) is 12.4. The Morgan fingerprint density at radius 1 is 1.20 bits per heavy atom. The van der Waals surface area contributed by atoms with Crippen LogP contribution in [0.3, 0.4) is 0 Å². The molecular weight excluding hydrogens is 211 g/mol. The predicted octanol–water partition coefficient (Wildman–Crippen LogP) is 1.27. The van der Waals surface area contributed by atoms with E-state index in [0.29, 0.717) is 13.1 Å². The average molecular weight is 229 g/mol. The summed E-state index contributed by atoms with van der Waals surface area (Å²) in [7, 11) is 0. The Balaban J connectivity index is 3.52. The number of hydrogen-bond acceptors (Lipinski definition) is 3. The summed E-state index contributed by atoms with van der Waals surface area (Å²) in [5.41, 5.74) is 0. The minimum Gasteiger partial charge on any atom is -0.395 e. The summed E-state index contributed by atoms with van der Waals surface area (Å²) in [6.45, 7) is 2.48. The van der Waals surface area contributed by atoms with Crippen LogP contribution in [-0.2, 0) is 4.74 Å². The lowest BCUT2D eigenvalue weighted by Gasteiger charge is -2.20. The zero-order chi connectivity index (χ0) is 11.7. The van der Waals surface area contributed by atoms with Crippen LogP contribution in [0.25, 0.3) is 0 Å². The smallest absolute Gasteiger partial charge is 0.395 e. The van der Waals surface area contributed by atoms with Gasteiger partial charge in [0.2, 0.25) is 0 Å². The SMILES string of the molecule is CCCN(CCO)CCOCC(F)(F)F. The Morgan fingerprint density at radius 3 is 2.33 bits per heavy atom. The Kier molecular flexibility index (Phi) is 7.72. The van der Waals surface area contributed by atoms with Gasteiger partial charge in [-0.25, -0.2) is 0 Å². The summed E-state index contributed by atoms with van der Waals surface area (Å²) in [6.07, 6.45) is -3.36. The van der Waals surface area contributed by atoms with Crippen LogP contribution in [-0.4, -0.2) is 55.6 Å². The van der Waals surface area contributed by atoms with Gasteiger partial charge < -0.3 is 9.84 Å². The van der Waals surface area contributed by atoms with Gasteiger partial charge >= 0.3 is 6.18 Å². The number of alkyl halides is 3. The fourth-order valence-corrected chi connectivity index (χ4v) is 1.17. The highest BCUT2D eigenvalue weighted by Gasteiger charge is 2.27. The van der Waals surface area contributed by atoms with Crippen LogP contribution < -0.4 is 0 Å². The van der Waals surface area contributed by atoms with Crippen LogP contribution >= 0.6 is 0 Å². The van der Waals surface area contributed by atoms with E-state index < -0.39 is 12.8 Å². The van der Waals surface area contributed by atoms with E-state index in [1.54, 1.807) is 0 Å². The van der Waals surface area contributed by atoms with E-state index in [4.69, 9.17) is 5.11 Å². The van der Waals surface area contributed by atoms with Crippen LogP contribution in [0.1, 0.15) is 13.3 Å². The van der Waals surface area contributed by atoms with Crippen molar-refractivity contribution in [1.82, 2.24) is 4.90 Å². The van der Waals surface area contributed by atoms with Gasteiger partial charge in [0.05, 0.1) is 13.2 Å². The second-order valence-electron chi connectivity index (χ2n) is 3.23. The number of nitrogens with zero attached hydrogens (tertiary/aromatic N) is 1. The first-order valence-electron chi connectivity index (χ1n) is 4.97. The van der Waals surface area contributed by atoms with Gasteiger partial charge in [0.15, 0.2) is 0 Å². The van der Waals surface area contributed by atoms with E-state index in [0.717, 1.165) is 13.0 Å². The van der Waals surface area contributed by atoms with Crippen molar-refractivity contribution < 1.29 is 23.0 Å². The molecule has 0 unspecified atom stereocenters. The third-order valence-electron chi connectivity index (χ3n) is 1.77. The molecule has 15 heavy (non-hydrogen) atoms. The molecule has 0 fully saturated rings. The van der Waals surface area contributed by atoms with Crippen LogP contribution in [0.15, 0.2) is 0 Å². The largest absolute Gasteiger partial charge is 0.411 e. The maximum atomic E-state index is 11.7. The lowest BCUT2D eigenvalue weighted by Crippen LogP contribution is -2.32. The summed E-state index contributed by atoms with van der Waals surface area (Å²) in [5.74, 6) is 0. The highest BCUT2D eigenvalue weighted by atomic mass is 19.4. The lowest BCUT2D eigenvalue weighted by molar-refractivity contribution is -0.174. The molecule has 3 nitrogen and oxygen atoms in total. The van der Waals surface area contributed by atoms with E-state index in [1.807, 2.05) is 11.8 Å². The number of hydrogen-bond donors (Lipinski definition) is 1. The average Bonchev–Trinajstić information content (AvgIpc) is 2.11. The summed E-state index contributed by atoms with van der Waals surface area (Å²) >= 11 is 0. The lowest BCUT2D eigenvalue weighted by atomic mass is 10.4. The zero-order valence-electron chi connectivity index (χ0n) is 8.89. The van der Waals surface area contributed by atoms with Gasteiger partial charge in [-0.15, -0.1) is 0 Å². The van der Waals surface area contributed by atoms with E-state index in [1.165, 1.54) is 0 Å². The number of aliphatic hydroxyl groups is 1. The molecule has 0 aromatic carbocycles. The predicted molar refractivity (Wildman–Crippen MR) is 50.7 cm³/mol. The maximum absolute atomic E-state index is 11.7. The van der Waals surface area contributed by atoms with Crippen molar-refractivity contribution in [3.63, 3.8) is 0 Å². The van der Waals surface area contributed by atoms with Gasteiger partial charge in [-0.2, -0.15) is 13.2 Å². The van der Waals surface area contributed by atoms with Gasteiger partial charge in [-0.05, 0) is 13.0 Å². The molecule has 0 bridgehead atoms. The summed E-state index contributed by atoms with van der Waals surface area (Å²) in [5, 5.41) is 8.69. The Morgan fingerprint density at radius 2 is 1.87 bits per heavy atom. The van der Waals surface area contributed by atoms with Gasteiger partial charge in [-0.1, -0.05) is 6.92 Å². The second-order valence-corrected chi connectivity index (χ2v) is 3.23. The molecule has 92 valence electrons. The molecule has 0 rings (SSSR count). The molecule has 1 N–H and O–H groups in total. The fourth-order valence-electron chi connectivity index (χ4n) is 1.17. The molecule has 0 aliphatic carbocycles. The molecule has 0 spiro atoms. The number of halogens is 3. The van der Waals surface area contributed by atoms with Crippen LogP contribution in [0.5, 0.6) is 0 Å². The fraction of sp³-hybridized carbons (Fsp3) is 1.00. The number of ether oxygens (including phenoxy) is 1. The summed E-state index contributed by atoms with van der Waals surface area (Å²) < 4.78 is 39.6. The van der Waals surface area contributed by atoms with Crippen LogP contribution in [0.4, 0.5) is 13.2 Å². The van der Waals surface area contributed by atoms with Gasteiger partial charge in [-0.3, -0.25) is 4.90 Å². The third-order valence-corrected chi connectivity index (χ3v) is 1.77. The molecule has 0 heterocycles. The first-order valence-corrected chi connectivity index (χ1v) is 4.97. The molecule has 0 saturated heterocycles. The van der Waals surface area contributed by atoms with Crippen molar-refractivity contribution in [3.8, 4) is 0 Å². The van der Waals surface area contributed by atoms with E-state index in [2.05, 4.69) is 4.74 Å². The molecule has 0 saturated carbocycles. The molecular formula is C9H18F3NO2. The molecule has 0 amide bonds. The summed E-state index contributed by atoms with van der Waals surface area (Å²) in [4.78, 5) is 1.87. The molecule has 0 radical (unpaired) electrons. The van der Waals surface area contributed by atoms with Gasteiger partial charge in [0, 0.05) is 13.1 Å². The van der Waals surface area contributed by atoms with Crippen molar-refractivity contribution in [2.75, 3.05) is 39.5 Å². The molecule has 0 atom stereocenters. The van der Waals surface area contributed by atoms with Crippen molar-refractivity contribution in [3.05, 3.63) is 0 Å². The zero-order valence-corrected chi connectivity index (χ0v) is 8.89. The van der Waals surface area contributed by atoms with Crippen molar-refractivity contribution in [1.29, 1.82) is 0 Å². The first-order chi connectivity index (χ1) is 6.99. The van der Waals surface area contributed by atoms with Gasteiger partial charge in [0.25, 0.3) is 0 Å². The molecule has 0 aromatic heterocycles. The monoisotopic (exact) mass is 229 g/mol. The Bertz CT molecular complexity index is 147. The Hall–Kier alpha value is -0.330. The maximum Gasteiger partial charge on any atom is 0.411 e. The summed E-state index contributed by atoms with van der Waals surface area (Å²) in [6, 6.07) is 0. The van der Waals surface area contributed by atoms with Crippen LogP contribution in [0, 0.1) is 0 Å². The van der Waals surface area contributed by atoms with E-state index in [-0.39, 0.29) is 13.2 Å². The first kappa shape index (κ1) is 14.7. The minimum atomic E-state index is -4.26. The van der Waals surface area contributed by atoms with Gasteiger partial charge in [0.1, 0.15) is 6.61 Å². The molecule has 0 aromatic rings. The minimum absolute atomic E-state index is 0.0132. The van der Waals surface area contributed by atoms with Crippen molar-refractivity contribution >= 4 is 0 Å². The molecule has 0 aliphatic heterocycles. The van der Waals surface area contributed by atoms with E-state index >= 15 is 0 Å². The van der Waals surface area contributed by atoms with E-state index in [9.17, 15) is 13.2 Å². The van der Waals surface area contributed by atoms with Crippen LogP contribution in [0.2, 0.25) is 0 Å². The number of aliphatic hydroxyl groups excluding tert-OH is 1. The quantitative estimate of drug-likeness (QED) is 0.636. The standard InChI is InChI=1S/C9H18F3NO2/c1-2-3-13(4-6-14)5-7-15-8-9(10,11)12/h14H,2-8H2,1H3. The Labute approximate surface area is 87.8 Å². The number of rotatable bonds is 8. The highest BCUT2D eigenvalue weighted by molar-refractivity contribution is 4.56. The van der Waals surface area contributed by atoms with Crippen molar-refractivity contribution in [2.24, 2.45) is 0 Å². The highest BCUT2D eigenvalue weighted by Crippen LogP contribution is 2.14. The van der Waals surface area contributed by atoms with Crippen molar-refractivity contribution in [2.45, 2.75) is 19.5 Å². The second kappa shape index (κ2) is 7.90.